The van der Waals surface area contributed by atoms with Crippen molar-refractivity contribution in [2.45, 2.75) is 20.3 Å². The summed E-state index contributed by atoms with van der Waals surface area (Å²) in [7, 11) is 0. The number of para-hydroxylation sites is 6. The van der Waals surface area contributed by atoms with Crippen LogP contribution in [0.15, 0.2) is 207 Å². The highest BCUT2D eigenvalue weighted by Crippen LogP contribution is 2.39. The second kappa shape index (κ2) is 14.9. The Balaban J connectivity index is 1.08. The SMILES string of the molecule is CC(C)Cc1ccc2c3ccccc3n(-c3cc(-c4cncc(-c5cccc(-n6c7ccccc7c7ccccc76)c5)c4)cc(-c4nc5ccccc5n4-c4ccccc4)c3)c2c1. The van der Waals surface area contributed by atoms with Gasteiger partial charge < -0.3 is 9.13 Å². The highest BCUT2D eigenvalue weighted by Gasteiger charge is 2.20. The van der Waals surface area contributed by atoms with E-state index >= 15 is 0 Å². The molecular weight excluding hydrogens is 767 g/mol. The minimum Gasteiger partial charge on any atom is -0.309 e. The van der Waals surface area contributed by atoms with Crippen molar-refractivity contribution in [2.24, 2.45) is 5.92 Å². The summed E-state index contributed by atoms with van der Waals surface area (Å²) in [5, 5.41) is 4.98. The maximum atomic E-state index is 5.37. The fourth-order valence-electron chi connectivity index (χ4n) is 9.77. The molecule has 5 nitrogen and oxygen atoms in total. The van der Waals surface area contributed by atoms with Crippen LogP contribution in [-0.2, 0) is 6.42 Å². The molecule has 0 amide bonds. The van der Waals surface area contributed by atoms with E-state index in [9.17, 15) is 0 Å². The zero-order valence-electron chi connectivity index (χ0n) is 35.2. The van der Waals surface area contributed by atoms with Crippen LogP contribution < -0.4 is 0 Å². The zero-order chi connectivity index (χ0) is 42.0. The molecule has 12 rings (SSSR count). The first-order chi connectivity index (χ1) is 31.1. The standard InChI is InChI=1S/C58H43N5/c1-38(2)29-39-27-28-51-50-21-8-12-25-55(50)62(57(51)30-39)47-34-41(31-42(35-47)58-60-52-22-9-13-26-56(52)63(58)45-16-4-3-5-17-45)44-32-43(36-59-37-44)40-15-14-18-46(33-40)61-53-23-10-6-19-48(53)49-20-7-11-24-54(49)61/h3-28,30-38H,29H2,1-2H3. The lowest BCUT2D eigenvalue weighted by atomic mass is 9.99. The largest absolute Gasteiger partial charge is 0.309 e. The van der Waals surface area contributed by atoms with Gasteiger partial charge in [0.15, 0.2) is 0 Å². The molecule has 12 aromatic rings. The zero-order valence-corrected chi connectivity index (χ0v) is 35.2. The summed E-state index contributed by atoms with van der Waals surface area (Å²) in [6.45, 7) is 4.58. The van der Waals surface area contributed by atoms with Crippen molar-refractivity contribution in [1.29, 1.82) is 0 Å². The molecule has 0 atom stereocenters. The van der Waals surface area contributed by atoms with Gasteiger partial charge >= 0.3 is 0 Å². The van der Waals surface area contributed by atoms with Gasteiger partial charge in [0.2, 0.25) is 0 Å². The molecule has 0 N–H and O–H groups in total. The molecule has 0 bridgehead atoms. The summed E-state index contributed by atoms with van der Waals surface area (Å²) >= 11 is 0. The van der Waals surface area contributed by atoms with Gasteiger partial charge in [-0.1, -0.05) is 123 Å². The van der Waals surface area contributed by atoms with Crippen LogP contribution in [0, 0.1) is 5.92 Å². The van der Waals surface area contributed by atoms with Crippen molar-refractivity contribution in [1.82, 2.24) is 23.7 Å². The van der Waals surface area contributed by atoms with E-state index in [4.69, 9.17) is 9.97 Å². The van der Waals surface area contributed by atoms with Crippen LogP contribution in [0.25, 0.3) is 105 Å². The minimum atomic E-state index is 0.545. The molecule has 0 fully saturated rings. The molecule has 0 saturated heterocycles. The summed E-state index contributed by atoms with van der Waals surface area (Å²) in [5.41, 5.74) is 16.6. The molecule has 8 aromatic carbocycles. The molecule has 0 spiro atoms. The van der Waals surface area contributed by atoms with E-state index in [1.54, 1.807) is 0 Å². The normalized spacial score (nSPS) is 11.9. The molecule has 0 aliphatic rings. The maximum Gasteiger partial charge on any atom is 0.145 e. The molecule has 0 radical (unpaired) electrons. The second-order valence-electron chi connectivity index (χ2n) is 17.0. The van der Waals surface area contributed by atoms with Crippen LogP contribution in [-0.4, -0.2) is 23.7 Å². The smallest absolute Gasteiger partial charge is 0.145 e. The van der Waals surface area contributed by atoms with Gasteiger partial charge in [-0.05, 0) is 114 Å². The average molecular weight is 810 g/mol. The fraction of sp³-hybridized carbons (Fsp3) is 0.0690. The van der Waals surface area contributed by atoms with Gasteiger partial charge in [-0.2, -0.15) is 0 Å². The molecule has 5 heteroatoms. The third kappa shape index (κ3) is 6.23. The van der Waals surface area contributed by atoms with Gasteiger partial charge in [0, 0.05) is 67.7 Å². The van der Waals surface area contributed by atoms with Gasteiger partial charge in [-0.15, -0.1) is 0 Å². The van der Waals surface area contributed by atoms with Gasteiger partial charge in [0.25, 0.3) is 0 Å². The first-order valence-corrected chi connectivity index (χ1v) is 21.8. The van der Waals surface area contributed by atoms with Gasteiger partial charge in [-0.3, -0.25) is 9.55 Å². The van der Waals surface area contributed by atoms with Crippen LogP contribution in [0.5, 0.6) is 0 Å². The molecular formula is C58H43N5. The fourth-order valence-corrected chi connectivity index (χ4v) is 9.77. The van der Waals surface area contributed by atoms with Gasteiger partial charge in [-0.25, -0.2) is 4.98 Å². The van der Waals surface area contributed by atoms with E-state index in [1.807, 2.05) is 12.4 Å². The molecule has 0 aliphatic carbocycles. The van der Waals surface area contributed by atoms with Crippen molar-refractivity contribution in [3.63, 3.8) is 0 Å². The Hall–Kier alpha value is -8.02. The minimum absolute atomic E-state index is 0.545. The monoisotopic (exact) mass is 809 g/mol. The summed E-state index contributed by atoms with van der Waals surface area (Å²) in [4.78, 5) is 10.3. The van der Waals surface area contributed by atoms with Crippen LogP contribution in [0.3, 0.4) is 0 Å². The van der Waals surface area contributed by atoms with Gasteiger partial charge in [0.1, 0.15) is 5.82 Å². The van der Waals surface area contributed by atoms with E-state index in [1.165, 1.54) is 49.2 Å². The Morgan fingerprint density at radius 3 is 1.62 bits per heavy atom. The lowest BCUT2D eigenvalue weighted by molar-refractivity contribution is 0.647. The van der Waals surface area contributed by atoms with Crippen LogP contribution in [0.1, 0.15) is 19.4 Å². The highest BCUT2D eigenvalue weighted by atomic mass is 15.1. The Morgan fingerprint density at radius 1 is 0.381 bits per heavy atom. The molecule has 0 unspecified atom stereocenters. The number of nitrogens with zero attached hydrogens (tertiary/aromatic N) is 5. The maximum absolute atomic E-state index is 5.37. The number of rotatable bonds is 8. The first-order valence-electron chi connectivity index (χ1n) is 21.8. The number of imidazole rings is 1. The Labute approximate surface area is 365 Å². The Kier molecular flexibility index (Phi) is 8.68. The summed E-state index contributed by atoms with van der Waals surface area (Å²) < 4.78 is 7.11. The van der Waals surface area contributed by atoms with Gasteiger partial charge in [0.05, 0.1) is 33.1 Å². The summed E-state index contributed by atoms with van der Waals surface area (Å²) in [6, 6.07) is 70.2. The molecule has 300 valence electrons. The van der Waals surface area contributed by atoms with Crippen LogP contribution >= 0.6 is 0 Å². The van der Waals surface area contributed by atoms with E-state index in [0.717, 1.165) is 68.2 Å². The number of aromatic nitrogens is 5. The predicted molar refractivity (Wildman–Crippen MR) is 262 cm³/mol. The molecule has 4 aromatic heterocycles. The van der Waals surface area contributed by atoms with Crippen LogP contribution in [0.4, 0.5) is 0 Å². The molecule has 63 heavy (non-hydrogen) atoms. The van der Waals surface area contributed by atoms with E-state index in [2.05, 4.69) is 222 Å². The molecule has 4 heterocycles. The Bertz CT molecular complexity index is 3640. The summed E-state index contributed by atoms with van der Waals surface area (Å²) in [6.07, 6.45) is 4.99. The van der Waals surface area contributed by atoms with Crippen molar-refractivity contribution in [3.8, 4) is 50.7 Å². The van der Waals surface area contributed by atoms with Crippen LogP contribution in [0.2, 0.25) is 0 Å². The molecule has 0 saturated carbocycles. The number of benzene rings is 8. The van der Waals surface area contributed by atoms with E-state index in [0.29, 0.717) is 5.92 Å². The van der Waals surface area contributed by atoms with Crippen molar-refractivity contribution in [2.75, 3.05) is 0 Å². The first kappa shape index (κ1) is 36.8. The topological polar surface area (TPSA) is 40.6 Å². The van der Waals surface area contributed by atoms with Crippen molar-refractivity contribution >= 4 is 54.6 Å². The Morgan fingerprint density at radius 2 is 0.921 bits per heavy atom. The third-order valence-electron chi connectivity index (χ3n) is 12.5. The van der Waals surface area contributed by atoms with Crippen molar-refractivity contribution < 1.29 is 0 Å². The lowest BCUT2D eigenvalue weighted by Crippen LogP contribution is -2.01. The molecule has 0 aliphatic heterocycles. The number of fused-ring (bicyclic) bond motifs is 7. The number of hydrogen-bond acceptors (Lipinski definition) is 2. The third-order valence-corrected chi connectivity index (χ3v) is 12.5. The second-order valence-corrected chi connectivity index (χ2v) is 17.0. The van der Waals surface area contributed by atoms with Crippen molar-refractivity contribution in [3.05, 3.63) is 212 Å². The number of pyridine rings is 1. The van der Waals surface area contributed by atoms with E-state index < -0.39 is 0 Å². The average Bonchev–Trinajstić information content (AvgIpc) is 4.00. The predicted octanol–water partition coefficient (Wildman–Crippen LogP) is 14.8. The summed E-state index contributed by atoms with van der Waals surface area (Å²) in [5.74, 6) is 1.43. The van der Waals surface area contributed by atoms with E-state index in [-0.39, 0.29) is 0 Å². The number of hydrogen-bond donors (Lipinski definition) is 0. The highest BCUT2D eigenvalue weighted by molar-refractivity contribution is 6.10. The lowest BCUT2D eigenvalue weighted by Gasteiger charge is -2.16. The quantitative estimate of drug-likeness (QED) is 0.153.